The van der Waals surface area contributed by atoms with Gasteiger partial charge in [-0.3, -0.25) is 0 Å². The molecule has 3 aromatic carbocycles. The van der Waals surface area contributed by atoms with Gasteiger partial charge in [0.05, 0.1) is 24.2 Å². The van der Waals surface area contributed by atoms with Gasteiger partial charge >= 0.3 is 0 Å². The summed E-state index contributed by atoms with van der Waals surface area (Å²) >= 11 is 0. The van der Waals surface area contributed by atoms with Gasteiger partial charge in [-0.2, -0.15) is 0 Å². The maximum absolute atomic E-state index is 9.31. The highest BCUT2D eigenvalue weighted by Gasteiger charge is 2.10. The third kappa shape index (κ3) is 3.28. The fourth-order valence-electron chi connectivity index (χ4n) is 3.39. The van der Waals surface area contributed by atoms with Crippen LogP contribution in [0.5, 0.6) is 5.75 Å². The Morgan fingerprint density at radius 1 is 0.923 bits per heavy atom. The Balaban J connectivity index is 1.46. The van der Waals surface area contributed by atoms with E-state index in [4.69, 9.17) is 4.74 Å². The summed E-state index contributed by atoms with van der Waals surface area (Å²) in [7, 11) is 0. The summed E-state index contributed by atoms with van der Waals surface area (Å²) in [6, 6.07) is 22.5. The van der Waals surface area contributed by atoms with Gasteiger partial charge in [0.1, 0.15) is 11.6 Å². The topological polar surface area (TPSA) is 47.3 Å². The molecule has 132 valence electrons. The van der Waals surface area contributed by atoms with Crippen LogP contribution in [0.4, 0.5) is 0 Å². The maximum atomic E-state index is 9.31. The highest BCUT2D eigenvalue weighted by molar-refractivity contribution is 5.88. The first-order valence-electron chi connectivity index (χ1n) is 9.02. The van der Waals surface area contributed by atoms with Gasteiger partial charge in [-0.15, -0.1) is 0 Å². The van der Waals surface area contributed by atoms with E-state index in [1.807, 2.05) is 42.5 Å². The van der Waals surface area contributed by atoms with Gasteiger partial charge in [-0.25, -0.2) is 4.98 Å². The van der Waals surface area contributed by atoms with Crippen LogP contribution in [0, 0.1) is 0 Å². The molecule has 0 aliphatic carbocycles. The van der Waals surface area contributed by atoms with E-state index in [1.165, 1.54) is 5.39 Å². The molecule has 0 unspecified atom stereocenters. The monoisotopic (exact) mass is 346 g/mol. The predicted molar refractivity (Wildman–Crippen MR) is 105 cm³/mol. The molecule has 0 amide bonds. The molecule has 0 bridgehead atoms. The average Bonchev–Trinajstić information content (AvgIpc) is 3.03. The number of para-hydroxylation sites is 2. The molecule has 0 saturated heterocycles. The zero-order chi connectivity index (χ0) is 17.8. The van der Waals surface area contributed by atoms with Crippen LogP contribution in [0.15, 0.2) is 66.7 Å². The smallest absolute Gasteiger partial charge is 0.127 e. The number of aryl methyl sites for hydroxylation is 1. The van der Waals surface area contributed by atoms with Gasteiger partial charge in [0.25, 0.3) is 0 Å². The molecule has 4 rings (SSSR count). The maximum Gasteiger partial charge on any atom is 0.127 e. The lowest BCUT2D eigenvalue weighted by Gasteiger charge is -2.11. The van der Waals surface area contributed by atoms with Gasteiger partial charge in [-0.1, -0.05) is 48.5 Å². The van der Waals surface area contributed by atoms with Crippen LogP contribution in [0.25, 0.3) is 21.8 Å². The molecule has 1 aromatic heterocycles. The molecule has 0 fully saturated rings. The fraction of sp³-hybridized carbons (Fsp3) is 0.227. The molecule has 1 heterocycles. The number of benzene rings is 3. The molecular formula is C22H22N2O2. The quantitative estimate of drug-likeness (QED) is 0.510. The minimum Gasteiger partial charge on any atom is -0.493 e. The molecule has 26 heavy (non-hydrogen) atoms. The lowest BCUT2D eigenvalue weighted by Crippen LogP contribution is -2.09. The van der Waals surface area contributed by atoms with Gasteiger partial charge in [0, 0.05) is 18.4 Å². The number of rotatable bonds is 7. The molecule has 4 heteroatoms. The second-order valence-electron chi connectivity index (χ2n) is 6.32. The first-order valence-corrected chi connectivity index (χ1v) is 9.02. The summed E-state index contributed by atoms with van der Waals surface area (Å²) in [6.45, 7) is 1.56. The molecule has 0 radical (unpaired) electrons. The highest BCUT2D eigenvalue weighted by Crippen LogP contribution is 2.25. The summed E-state index contributed by atoms with van der Waals surface area (Å²) in [5, 5.41) is 11.6. The highest BCUT2D eigenvalue weighted by atomic mass is 16.5. The first kappa shape index (κ1) is 16.6. The van der Waals surface area contributed by atoms with Crippen LogP contribution in [-0.2, 0) is 13.0 Å². The number of nitrogens with zero attached hydrogens (tertiary/aromatic N) is 2. The summed E-state index contributed by atoms with van der Waals surface area (Å²) in [5.74, 6) is 1.85. The second-order valence-corrected chi connectivity index (χ2v) is 6.32. The molecule has 0 aliphatic heterocycles. The number of ether oxygens (including phenoxy) is 1. The Hall–Kier alpha value is -2.85. The summed E-state index contributed by atoms with van der Waals surface area (Å²) in [4.78, 5) is 4.64. The number of hydrogen-bond acceptors (Lipinski definition) is 3. The molecule has 1 N–H and O–H groups in total. The molecule has 4 aromatic rings. The zero-order valence-electron chi connectivity index (χ0n) is 14.6. The minimum absolute atomic E-state index is 0.107. The van der Waals surface area contributed by atoms with E-state index in [-0.39, 0.29) is 6.61 Å². The Bertz CT molecular complexity index is 1020. The SMILES string of the molecule is OCCc1nc2ccccc2n1CCCOc1cccc2ccccc12. The van der Waals surface area contributed by atoms with Crippen LogP contribution in [0.3, 0.4) is 0 Å². The Morgan fingerprint density at radius 3 is 2.65 bits per heavy atom. The van der Waals surface area contributed by atoms with Crippen LogP contribution in [0.1, 0.15) is 12.2 Å². The van der Waals surface area contributed by atoms with Crippen molar-refractivity contribution in [1.29, 1.82) is 0 Å². The lowest BCUT2D eigenvalue weighted by molar-refractivity contribution is 0.290. The Labute approximate surface area is 152 Å². The molecule has 0 atom stereocenters. The van der Waals surface area contributed by atoms with Crippen molar-refractivity contribution in [2.24, 2.45) is 0 Å². The number of aliphatic hydroxyl groups excluding tert-OH is 1. The normalized spacial score (nSPS) is 11.3. The van der Waals surface area contributed by atoms with E-state index >= 15 is 0 Å². The van der Waals surface area contributed by atoms with Crippen molar-refractivity contribution in [2.75, 3.05) is 13.2 Å². The van der Waals surface area contributed by atoms with Crippen molar-refractivity contribution in [3.63, 3.8) is 0 Å². The molecule has 0 spiro atoms. The van der Waals surface area contributed by atoms with Crippen molar-refractivity contribution >= 4 is 21.8 Å². The average molecular weight is 346 g/mol. The largest absolute Gasteiger partial charge is 0.493 e. The second kappa shape index (κ2) is 7.58. The number of imidazole rings is 1. The standard InChI is InChI=1S/C22H22N2O2/c25-15-13-22-23-19-10-3-4-11-20(19)24(22)14-6-16-26-21-12-5-8-17-7-1-2-9-18(17)21/h1-5,7-12,25H,6,13-16H2. The number of fused-ring (bicyclic) bond motifs is 2. The zero-order valence-corrected chi connectivity index (χ0v) is 14.6. The van der Waals surface area contributed by atoms with E-state index in [9.17, 15) is 5.11 Å². The number of aliphatic hydroxyl groups is 1. The van der Waals surface area contributed by atoms with Crippen molar-refractivity contribution in [3.05, 3.63) is 72.6 Å². The van der Waals surface area contributed by atoms with Gasteiger partial charge < -0.3 is 14.4 Å². The summed E-state index contributed by atoms with van der Waals surface area (Å²) in [6.07, 6.45) is 1.45. The van der Waals surface area contributed by atoms with E-state index < -0.39 is 0 Å². The van der Waals surface area contributed by atoms with Crippen molar-refractivity contribution in [1.82, 2.24) is 9.55 Å². The van der Waals surface area contributed by atoms with Gasteiger partial charge in [-0.05, 0) is 30.0 Å². The van der Waals surface area contributed by atoms with Crippen molar-refractivity contribution < 1.29 is 9.84 Å². The van der Waals surface area contributed by atoms with Crippen LogP contribution in [-0.4, -0.2) is 27.9 Å². The van der Waals surface area contributed by atoms with Gasteiger partial charge in [0.2, 0.25) is 0 Å². The molecule has 4 nitrogen and oxygen atoms in total. The first-order chi connectivity index (χ1) is 12.9. The lowest BCUT2D eigenvalue weighted by atomic mass is 10.1. The predicted octanol–water partition coefficient (Wildman–Crippen LogP) is 4.19. The fourth-order valence-corrected chi connectivity index (χ4v) is 3.39. The van der Waals surface area contributed by atoms with E-state index in [1.54, 1.807) is 0 Å². The van der Waals surface area contributed by atoms with E-state index in [0.717, 1.165) is 41.0 Å². The third-order valence-corrected chi connectivity index (χ3v) is 4.60. The Morgan fingerprint density at radius 2 is 1.73 bits per heavy atom. The van der Waals surface area contributed by atoms with Crippen molar-refractivity contribution in [3.8, 4) is 5.75 Å². The van der Waals surface area contributed by atoms with Crippen molar-refractivity contribution in [2.45, 2.75) is 19.4 Å². The number of aromatic nitrogens is 2. The third-order valence-electron chi connectivity index (χ3n) is 4.60. The summed E-state index contributed by atoms with van der Waals surface area (Å²) in [5.41, 5.74) is 2.09. The molecular weight excluding hydrogens is 324 g/mol. The minimum atomic E-state index is 0.107. The summed E-state index contributed by atoms with van der Waals surface area (Å²) < 4.78 is 8.24. The van der Waals surface area contributed by atoms with Crippen LogP contribution >= 0.6 is 0 Å². The van der Waals surface area contributed by atoms with Crippen LogP contribution in [0.2, 0.25) is 0 Å². The van der Waals surface area contributed by atoms with Gasteiger partial charge in [0.15, 0.2) is 0 Å². The molecule has 0 aliphatic rings. The molecule has 0 saturated carbocycles. The van der Waals surface area contributed by atoms with E-state index in [2.05, 4.69) is 33.8 Å². The number of hydrogen-bond donors (Lipinski definition) is 1. The Kier molecular flexibility index (Phi) is 4.84. The van der Waals surface area contributed by atoms with Crippen LogP contribution < -0.4 is 4.74 Å². The van der Waals surface area contributed by atoms with E-state index in [0.29, 0.717) is 13.0 Å².